The second kappa shape index (κ2) is 11.2. The van der Waals surface area contributed by atoms with Crippen molar-refractivity contribution in [1.29, 1.82) is 0 Å². The number of hydrogen-bond donors (Lipinski definition) is 2. The lowest BCUT2D eigenvalue weighted by molar-refractivity contribution is 0.306. The highest BCUT2D eigenvalue weighted by molar-refractivity contribution is 7.90. The molecule has 180 valence electrons. The van der Waals surface area contributed by atoms with Gasteiger partial charge in [-0.1, -0.05) is 35.9 Å². The van der Waals surface area contributed by atoms with Gasteiger partial charge in [0.05, 0.1) is 28.0 Å². The molecule has 3 N–H and O–H groups in total. The van der Waals surface area contributed by atoms with E-state index in [0.717, 1.165) is 37.3 Å². The maximum atomic E-state index is 13.1. The monoisotopic (exact) mass is 510 g/mol. The number of rotatable bonds is 8. The lowest BCUT2D eigenvalue weighted by Gasteiger charge is -2.38. The predicted molar refractivity (Wildman–Crippen MR) is 140 cm³/mol. The lowest BCUT2D eigenvalue weighted by Crippen LogP contribution is -2.46. The van der Waals surface area contributed by atoms with Gasteiger partial charge in [-0.15, -0.1) is 4.72 Å². The minimum absolute atomic E-state index is 0.213. The van der Waals surface area contributed by atoms with Gasteiger partial charge < -0.3 is 19.9 Å². The second-order valence-electron chi connectivity index (χ2n) is 9.15. The van der Waals surface area contributed by atoms with Crippen LogP contribution in [0.4, 0.5) is 11.5 Å². The molecule has 6 nitrogen and oxygen atoms in total. The van der Waals surface area contributed by atoms with Gasteiger partial charge in [0.15, 0.2) is 0 Å². The SMILES string of the molecule is C=CCOc1cc(Cl)c(Cl)cc1C(N[S@@+]([O-])C(C)(C)C)C1CCN(c2ccc(N)cn2)CC1. The molecule has 1 aromatic carbocycles. The Morgan fingerprint density at radius 3 is 2.55 bits per heavy atom. The van der Waals surface area contributed by atoms with E-state index >= 15 is 0 Å². The first kappa shape index (κ1) is 26.0. The Morgan fingerprint density at radius 2 is 1.97 bits per heavy atom. The molecular weight excluding hydrogens is 479 g/mol. The van der Waals surface area contributed by atoms with E-state index in [-0.39, 0.29) is 12.0 Å². The third kappa shape index (κ3) is 6.70. The highest BCUT2D eigenvalue weighted by Crippen LogP contribution is 2.41. The quantitative estimate of drug-likeness (QED) is 0.357. The van der Waals surface area contributed by atoms with Gasteiger partial charge in [-0.3, -0.25) is 0 Å². The third-order valence-corrected chi connectivity index (χ3v) is 7.94. The molecule has 1 saturated heterocycles. The average molecular weight is 512 g/mol. The van der Waals surface area contributed by atoms with Gasteiger partial charge in [-0.25, -0.2) is 4.98 Å². The molecule has 0 saturated carbocycles. The molecule has 0 bridgehead atoms. The van der Waals surface area contributed by atoms with Crippen LogP contribution in [0, 0.1) is 5.92 Å². The molecule has 33 heavy (non-hydrogen) atoms. The summed E-state index contributed by atoms with van der Waals surface area (Å²) in [5, 5.41) is 0.855. The number of nitrogens with zero attached hydrogens (tertiary/aromatic N) is 2. The van der Waals surface area contributed by atoms with Gasteiger partial charge in [0.25, 0.3) is 0 Å². The van der Waals surface area contributed by atoms with Crippen molar-refractivity contribution in [3.8, 4) is 5.75 Å². The first-order valence-corrected chi connectivity index (χ1v) is 12.9. The number of nitrogens with one attached hydrogen (secondary N) is 1. The van der Waals surface area contributed by atoms with Crippen molar-refractivity contribution in [3.63, 3.8) is 0 Å². The van der Waals surface area contributed by atoms with E-state index in [9.17, 15) is 4.55 Å². The molecule has 0 radical (unpaired) electrons. The summed E-state index contributed by atoms with van der Waals surface area (Å²) in [4.78, 5) is 6.70. The molecule has 1 unspecified atom stereocenters. The zero-order valence-electron chi connectivity index (χ0n) is 19.3. The summed E-state index contributed by atoms with van der Waals surface area (Å²) in [6.45, 7) is 11.6. The lowest BCUT2D eigenvalue weighted by atomic mass is 9.85. The van der Waals surface area contributed by atoms with Crippen LogP contribution in [0.2, 0.25) is 10.0 Å². The molecule has 2 atom stereocenters. The van der Waals surface area contributed by atoms with Crippen LogP contribution in [-0.4, -0.2) is 34.0 Å². The summed E-state index contributed by atoms with van der Waals surface area (Å²) >= 11 is 11.4. The average Bonchev–Trinajstić information content (AvgIpc) is 2.78. The van der Waals surface area contributed by atoms with Crippen molar-refractivity contribution in [2.75, 3.05) is 30.3 Å². The number of piperidine rings is 1. The van der Waals surface area contributed by atoms with Crippen LogP contribution in [-0.2, 0) is 11.4 Å². The number of nitrogen functional groups attached to an aromatic ring is 1. The van der Waals surface area contributed by atoms with E-state index in [2.05, 4.69) is 21.2 Å². The highest BCUT2D eigenvalue weighted by atomic mass is 35.5. The normalized spacial score (nSPS) is 17.0. The molecule has 1 fully saturated rings. The minimum Gasteiger partial charge on any atom is -0.598 e. The van der Waals surface area contributed by atoms with Crippen LogP contribution in [0.1, 0.15) is 45.2 Å². The standard InChI is InChI=1S/C24H32Cl2N4O2S/c1-5-12-32-21-14-20(26)19(25)13-18(21)23(29-33(31)24(2,3)4)16-8-10-30(11-9-16)22-7-6-17(27)15-28-22/h5-7,13-16,23,29H,1,8-12,27H2,2-4H3/t23?,33-/m0/s1. The van der Waals surface area contributed by atoms with Crippen LogP contribution in [0.5, 0.6) is 5.75 Å². The molecule has 1 aliphatic rings. The molecule has 9 heteroatoms. The number of anilines is 2. The summed E-state index contributed by atoms with van der Waals surface area (Å²) in [5.74, 6) is 1.75. The topological polar surface area (TPSA) is 86.5 Å². The van der Waals surface area contributed by atoms with E-state index in [0.29, 0.717) is 28.1 Å². The van der Waals surface area contributed by atoms with E-state index < -0.39 is 16.1 Å². The summed E-state index contributed by atoms with van der Waals surface area (Å²) in [6.07, 6.45) is 5.12. The molecule has 0 amide bonds. The predicted octanol–water partition coefficient (Wildman–Crippen LogP) is 5.54. The van der Waals surface area contributed by atoms with E-state index in [4.69, 9.17) is 33.7 Å². The number of aromatic nitrogens is 1. The molecule has 2 aromatic rings. The summed E-state index contributed by atoms with van der Waals surface area (Å²) in [5.41, 5.74) is 7.28. The molecule has 1 aliphatic heterocycles. The second-order valence-corrected chi connectivity index (χ2v) is 12.0. The number of hydrogen-bond acceptors (Lipinski definition) is 6. The molecular formula is C24H32Cl2N4O2S. The van der Waals surface area contributed by atoms with E-state index in [1.165, 1.54) is 0 Å². The van der Waals surface area contributed by atoms with Crippen LogP contribution in [0.15, 0.2) is 43.1 Å². The van der Waals surface area contributed by atoms with Crippen molar-refractivity contribution >= 4 is 46.1 Å². The summed E-state index contributed by atoms with van der Waals surface area (Å²) in [6, 6.07) is 7.14. The van der Waals surface area contributed by atoms with Gasteiger partial charge in [0, 0.05) is 36.1 Å². The fourth-order valence-corrected chi connectivity index (χ4v) is 5.04. The van der Waals surface area contributed by atoms with Gasteiger partial charge >= 0.3 is 0 Å². The molecule has 0 aliphatic carbocycles. The third-order valence-electron chi connectivity index (χ3n) is 5.64. The highest BCUT2D eigenvalue weighted by Gasteiger charge is 2.37. The van der Waals surface area contributed by atoms with Crippen molar-refractivity contribution in [1.82, 2.24) is 9.71 Å². The van der Waals surface area contributed by atoms with E-state index in [1.54, 1.807) is 18.3 Å². The largest absolute Gasteiger partial charge is 0.598 e. The number of benzene rings is 1. The Morgan fingerprint density at radius 1 is 1.30 bits per heavy atom. The van der Waals surface area contributed by atoms with Crippen LogP contribution >= 0.6 is 23.2 Å². The Hall–Kier alpha value is -1.64. The van der Waals surface area contributed by atoms with Crippen LogP contribution in [0.25, 0.3) is 0 Å². The van der Waals surface area contributed by atoms with Gasteiger partial charge in [-0.05, 0) is 57.7 Å². The first-order chi connectivity index (χ1) is 15.6. The number of ether oxygens (including phenoxy) is 1. The summed E-state index contributed by atoms with van der Waals surface area (Å²) < 4.78 is 22.0. The molecule has 2 heterocycles. The Kier molecular flexibility index (Phi) is 8.81. The van der Waals surface area contributed by atoms with Crippen molar-refractivity contribution in [2.45, 2.75) is 44.4 Å². The smallest absolute Gasteiger partial charge is 0.136 e. The molecule has 0 spiro atoms. The van der Waals surface area contributed by atoms with Crippen molar-refractivity contribution < 1.29 is 9.29 Å². The molecule has 3 rings (SSSR count). The fraction of sp³-hybridized carbons (Fsp3) is 0.458. The van der Waals surface area contributed by atoms with Crippen LogP contribution < -0.4 is 20.1 Å². The molecule has 1 aromatic heterocycles. The maximum absolute atomic E-state index is 13.1. The van der Waals surface area contributed by atoms with Crippen molar-refractivity contribution in [2.24, 2.45) is 5.92 Å². The Bertz CT molecular complexity index is 945. The first-order valence-electron chi connectivity index (χ1n) is 11.0. The van der Waals surface area contributed by atoms with E-state index in [1.807, 2.05) is 39.0 Å². The number of halogens is 2. The van der Waals surface area contributed by atoms with Crippen molar-refractivity contribution in [3.05, 3.63) is 58.7 Å². The Balaban J connectivity index is 1.89. The Labute approximate surface area is 209 Å². The minimum atomic E-state index is -1.28. The van der Waals surface area contributed by atoms with Gasteiger partial charge in [-0.2, -0.15) is 0 Å². The fourth-order valence-electron chi connectivity index (χ4n) is 3.81. The number of pyridine rings is 1. The van der Waals surface area contributed by atoms with Crippen LogP contribution in [0.3, 0.4) is 0 Å². The zero-order chi connectivity index (χ0) is 24.2. The zero-order valence-corrected chi connectivity index (χ0v) is 21.6. The van der Waals surface area contributed by atoms with Gasteiger partial charge in [0.1, 0.15) is 22.9 Å². The summed E-state index contributed by atoms with van der Waals surface area (Å²) in [7, 11) is 0. The number of nitrogens with two attached hydrogens (primary N) is 1. The van der Waals surface area contributed by atoms with Gasteiger partial charge in [0.2, 0.25) is 0 Å². The maximum Gasteiger partial charge on any atom is 0.136 e.